The number of halogens is 2. The summed E-state index contributed by atoms with van der Waals surface area (Å²) < 4.78 is 6.89. The fourth-order valence-corrected chi connectivity index (χ4v) is 2.60. The highest BCUT2D eigenvalue weighted by Crippen LogP contribution is 2.30. The van der Waals surface area contributed by atoms with Crippen molar-refractivity contribution in [2.45, 2.75) is 6.92 Å². The van der Waals surface area contributed by atoms with E-state index in [2.05, 4.69) is 37.0 Å². The summed E-state index contributed by atoms with van der Waals surface area (Å²) in [6.07, 6.45) is 0. The molecule has 0 bridgehead atoms. The minimum Gasteiger partial charge on any atom is -0.367 e. The zero-order valence-corrected chi connectivity index (χ0v) is 11.1. The minimum atomic E-state index is 0.362. The van der Waals surface area contributed by atoms with Crippen LogP contribution in [0.5, 0.6) is 0 Å². The van der Waals surface area contributed by atoms with E-state index in [1.807, 2.05) is 25.1 Å². The van der Waals surface area contributed by atoms with Crippen LogP contribution >= 0.6 is 31.9 Å². The van der Waals surface area contributed by atoms with Gasteiger partial charge in [-0.3, -0.25) is 0 Å². The fraction of sp³-hybridized carbons (Fsp3) is 0.100. The van der Waals surface area contributed by atoms with Crippen LogP contribution < -0.4 is 5.73 Å². The van der Waals surface area contributed by atoms with Gasteiger partial charge in [0, 0.05) is 20.1 Å². The third-order valence-electron chi connectivity index (χ3n) is 2.10. The van der Waals surface area contributed by atoms with E-state index in [0.717, 1.165) is 25.8 Å². The first kappa shape index (κ1) is 10.7. The van der Waals surface area contributed by atoms with Gasteiger partial charge in [0.05, 0.1) is 0 Å². The highest BCUT2D eigenvalue weighted by atomic mass is 79.9. The molecule has 5 heteroatoms. The van der Waals surface area contributed by atoms with Gasteiger partial charge in [-0.1, -0.05) is 37.0 Å². The van der Waals surface area contributed by atoms with Gasteiger partial charge in [0.2, 0.25) is 5.88 Å². The second kappa shape index (κ2) is 3.98. The van der Waals surface area contributed by atoms with Crippen molar-refractivity contribution in [1.82, 2.24) is 5.16 Å². The summed E-state index contributed by atoms with van der Waals surface area (Å²) >= 11 is 6.84. The van der Waals surface area contributed by atoms with Crippen molar-refractivity contribution in [3.05, 3.63) is 32.7 Å². The van der Waals surface area contributed by atoms with E-state index in [1.54, 1.807) is 0 Å². The highest BCUT2D eigenvalue weighted by molar-refractivity contribution is 9.11. The molecule has 2 aromatic rings. The monoisotopic (exact) mass is 330 g/mol. The van der Waals surface area contributed by atoms with Gasteiger partial charge in [-0.2, -0.15) is 0 Å². The van der Waals surface area contributed by atoms with Crippen LogP contribution in [0, 0.1) is 6.92 Å². The number of anilines is 1. The molecular weight excluding hydrogens is 324 g/mol. The summed E-state index contributed by atoms with van der Waals surface area (Å²) in [6, 6.07) is 5.90. The minimum absolute atomic E-state index is 0.362. The molecule has 2 rings (SSSR count). The number of nitrogens with two attached hydrogens (primary N) is 1. The van der Waals surface area contributed by atoms with Crippen LogP contribution in [0.4, 0.5) is 5.88 Å². The molecule has 0 spiro atoms. The van der Waals surface area contributed by atoms with Crippen molar-refractivity contribution in [3.8, 4) is 11.3 Å². The Hall–Kier alpha value is -0.810. The Morgan fingerprint density at radius 3 is 2.27 bits per heavy atom. The molecule has 3 nitrogen and oxygen atoms in total. The van der Waals surface area contributed by atoms with Crippen molar-refractivity contribution in [1.29, 1.82) is 0 Å². The van der Waals surface area contributed by atoms with E-state index in [9.17, 15) is 0 Å². The molecule has 15 heavy (non-hydrogen) atoms. The number of hydrogen-bond donors (Lipinski definition) is 1. The van der Waals surface area contributed by atoms with Crippen molar-refractivity contribution in [3.63, 3.8) is 0 Å². The normalized spacial score (nSPS) is 10.6. The topological polar surface area (TPSA) is 52.0 Å². The molecule has 0 saturated carbocycles. The first-order valence-corrected chi connectivity index (χ1v) is 5.84. The summed E-state index contributed by atoms with van der Waals surface area (Å²) in [4.78, 5) is 0. The van der Waals surface area contributed by atoms with Crippen LogP contribution in [-0.2, 0) is 0 Å². The Balaban J connectivity index is 2.58. The van der Waals surface area contributed by atoms with Crippen LogP contribution in [0.2, 0.25) is 0 Å². The maximum Gasteiger partial charge on any atom is 0.225 e. The molecule has 78 valence electrons. The smallest absolute Gasteiger partial charge is 0.225 e. The van der Waals surface area contributed by atoms with E-state index >= 15 is 0 Å². The lowest BCUT2D eigenvalue weighted by atomic mass is 10.1. The number of rotatable bonds is 1. The second-order valence-electron chi connectivity index (χ2n) is 3.18. The van der Waals surface area contributed by atoms with Gasteiger partial charge >= 0.3 is 0 Å². The van der Waals surface area contributed by atoms with Gasteiger partial charge in [-0.15, -0.1) is 0 Å². The van der Waals surface area contributed by atoms with Crippen LogP contribution in [0.15, 0.2) is 31.7 Å². The fourth-order valence-electron chi connectivity index (χ4n) is 1.31. The molecule has 0 aliphatic carbocycles. The molecule has 0 aliphatic heterocycles. The van der Waals surface area contributed by atoms with E-state index in [0.29, 0.717) is 5.88 Å². The van der Waals surface area contributed by atoms with E-state index in [-0.39, 0.29) is 0 Å². The Morgan fingerprint density at radius 1 is 1.20 bits per heavy atom. The molecule has 0 saturated heterocycles. The Kier molecular flexibility index (Phi) is 2.84. The SMILES string of the molecule is Cc1c(-c2cc(Br)cc(Br)c2)noc1N. The van der Waals surface area contributed by atoms with Gasteiger partial charge in [-0.25, -0.2) is 0 Å². The average molecular weight is 332 g/mol. The molecule has 1 aromatic heterocycles. The number of benzene rings is 1. The number of hydrogen-bond acceptors (Lipinski definition) is 3. The van der Waals surface area contributed by atoms with Crippen LogP contribution in [0.25, 0.3) is 11.3 Å². The second-order valence-corrected chi connectivity index (χ2v) is 5.01. The first-order chi connectivity index (χ1) is 7.08. The van der Waals surface area contributed by atoms with Crippen LogP contribution in [-0.4, -0.2) is 5.16 Å². The van der Waals surface area contributed by atoms with Crippen molar-refractivity contribution < 1.29 is 4.52 Å². The quantitative estimate of drug-likeness (QED) is 0.865. The van der Waals surface area contributed by atoms with E-state index in [4.69, 9.17) is 10.3 Å². The third kappa shape index (κ3) is 2.08. The van der Waals surface area contributed by atoms with Crippen LogP contribution in [0.3, 0.4) is 0 Å². The maximum absolute atomic E-state index is 5.60. The van der Waals surface area contributed by atoms with Gasteiger partial charge in [0.1, 0.15) is 5.69 Å². The zero-order valence-electron chi connectivity index (χ0n) is 7.92. The lowest BCUT2D eigenvalue weighted by Crippen LogP contribution is -1.85. The standard InChI is InChI=1S/C10H8Br2N2O/c1-5-9(14-15-10(5)13)6-2-7(11)4-8(12)3-6/h2-4H,13H2,1H3. The molecule has 0 atom stereocenters. The summed E-state index contributed by atoms with van der Waals surface area (Å²) in [7, 11) is 0. The average Bonchev–Trinajstić information content (AvgIpc) is 2.46. The lowest BCUT2D eigenvalue weighted by molar-refractivity contribution is 0.439. The summed E-state index contributed by atoms with van der Waals surface area (Å²) in [5.41, 5.74) is 8.20. The predicted octanol–water partition coefficient (Wildman–Crippen LogP) is 3.76. The summed E-state index contributed by atoms with van der Waals surface area (Å²) in [5, 5.41) is 3.93. The molecule has 0 aliphatic rings. The molecule has 2 N–H and O–H groups in total. The van der Waals surface area contributed by atoms with Crippen LogP contribution in [0.1, 0.15) is 5.56 Å². The molecule has 0 radical (unpaired) electrons. The summed E-state index contributed by atoms with van der Waals surface area (Å²) in [5.74, 6) is 0.362. The number of nitrogens with zero attached hydrogens (tertiary/aromatic N) is 1. The van der Waals surface area contributed by atoms with Crippen molar-refractivity contribution in [2.75, 3.05) is 5.73 Å². The van der Waals surface area contributed by atoms with E-state index in [1.165, 1.54) is 0 Å². The lowest BCUT2D eigenvalue weighted by Gasteiger charge is -2.00. The maximum atomic E-state index is 5.60. The Labute approximate surface area is 104 Å². The molecular formula is C10H8Br2N2O. The van der Waals surface area contributed by atoms with Gasteiger partial charge in [-0.05, 0) is 25.1 Å². The van der Waals surface area contributed by atoms with E-state index < -0.39 is 0 Å². The Bertz CT molecular complexity index is 488. The van der Waals surface area contributed by atoms with Gasteiger partial charge in [0.25, 0.3) is 0 Å². The first-order valence-electron chi connectivity index (χ1n) is 4.26. The van der Waals surface area contributed by atoms with Crippen molar-refractivity contribution >= 4 is 37.7 Å². The Morgan fingerprint density at radius 2 is 1.80 bits per heavy atom. The molecule has 0 fully saturated rings. The molecule has 0 unspecified atom stereocenters. The largest absolute Gasteiger partial charge is 0.367 e. The predicted molar refractivity (Wildman–Crippen MR) is 66.5 cm³/mol. The number of nitrogen functional groups attached to an aromatic ring is 1. The summed E-state index contributed by atoms with van der Waals surface area (Å²) in [6.45, 7) is 1.88. The van der Waals surface area contributed by atoms with Crippen molar-refractivity contribution in [2.24, 2.45) is 0 Å². The molecule has 1 heterocycles. The van der Waals surface area contributed by atoms with Gasteiger partial charge in [0.15, 0.2) is 0 Å². The zero-order chi connectivity index (χ0) is 11.0. The molecule has 0 amide bonds. The highest BCUT2D eigenvalue weighted by Gasteiger charge is 2.11. The third-order valence-corrected chi connectivity index (χ3v) is 3.01. The number of aromatic nitrogens is 1. The molecule has 1 aromatic carbocycles. The van der Waals surface area contributed by atoms with Gasteiger partial charge < -0.3 is 10.3 Å².